The molecular weight excluding hydrogens is 280 g/mol. The SMILES string of the molecule is CCCOc1ccc(N2C[C@@H](C(=O)NC3CC3)CC2=O)cc1. The third kappa shape index (κ3) is 3.40. The second-order valence-electron chi connectivity index (χ2n) is 6.03. The normalized spacial score (nSPS) is 21.0. The first-order valence-electron chi connectivity index (χ1n) is 8.01. The molecule has 0 bridgehead atoms. The smallest absolute Gasteiger partial charge is 0.227 e. The zero-order valence-corrected chi connectivity index (χ0v) is 12.9. The predicted molar refractivity (Wildman–Crippen MR) is 83.9 cm³/mol. The number of hydrogen-bond donors (Lipinski definition) is 1. The number of benzene rings is 1. The monoisotopic (exact) mass is 302 g/mol. The van der Waals surface area contributed by atoms with Crippen molar-refractivity contribution in [3.63, 3.8) is 0 Å². The van der Waals surface area contributed by atoms with Crippen LogP contribution >= 0.6 is 0 Å². The number of anilines is 1. The van der Waals surface area contributed by atoms with Gasteiger partial charge in [0.25, 0.3) is 0 Å². The Morgan fingerprint density at radius 2 is 2.05 bits per heavy atom. The molecule has 1 atom stereocenters. The van der Waals surface area contributed by atoms with Gasteiger partial charge in [0.05, 0.1) is 12.5 Å². The maximum absolute atomic E-state index is 12.2. The minimum absolute atomic E-state index is 0.0122. The van der Waals surface area contributed by atoms with E-state index < -0.39 is 0 Å². The van der Waals surface area contributed by atoms with Gasteiger partial charge >= 0.3 is 0 Å². The van der Waals surface area contributed by atoms with E-state index in [1.54, 1.807) is 4.90 Å². The zero-order chi connectivity index (χ0) is 15.5. The number of carbonyl (C=O) groups excluding carboxylic acids is 2. The van der Waals surface area contributed by atoms with Crippen molar-refractivity contribution in [2.45, 2.75) is 38.6 Å². The summed E-state index contributed by atoms with van der Waals surface area (Å²) in [6, 6.07) is 7.84. The summed E-state index contributed by atoms with van der Waals surface area (Å²) in [4.78, 5) is 25.9. The van der Waals surface area contributed by atoms with Gasteiger partial charge in [-0.2, -0.15) is 0 Å². The highest BCUT2D eigenvalue weighted by Gasteiger charge is 2.37. The highest BCUT2D eigenvalue weighted by atomic mass is 16.5. The lowest BCUT2D eigenvalue weighted by Gasteiger charge is -2.17. The molecule has 1 aromatic rings. The standard InChI is InChI=1S/C17H22N2O3/c1-2-9-22-15-7-5-14(6-8-15)19-11-12(10-16(19)20)17(21)18-13-3-4-13/h5-8,12-13H,2-4,9-11H2,1H3,(H,18,21)/t12-/m0/s1. The molecule has 5 nitrogen and oxygen atoms in total. The minimum atomic E-state index is -0.232. The Balaban J connectivity index is 1.61. The second-order valence-corrected chi connectivity index (χ2v) is 6.03. The van der Waals surface area contributed by atoms with Crippen LogP contribution in [0.3, 0.4) is 0 Å². The van der Waals surface area contributed by atoms with E-state index in [9.17, 15) is 9.59 Å². The van der Waals surface area contributed by atoms with Gasteiger partial charge in [-0.1, -0.05) is 6.92 Å². The lowest BCUT2D eigenvalue weighted by molar-refractivity contribution is -0.126. The fraction of sp³-hybridized carbons (Fsp3) is 0.529. The van der Waals surface area contributed by atoms with Gasteiger partial charge in [0.15, 0.2) is 0 Å². The molecule has 1 saturated carbocycles. The number of nitrogens with one attached hydrogen (secondary N) is 1. The lowest BCUT2D eigenvalue weighted by atomic mass is 10.1. The fourth-order valence-corrected chi connectivity index (χ4v) is 2.62. The van der Waals surface area contributed by atoms with Crippen molar-refractivity contribution in [1.82, 2.24) is 5.32 Å². The second kappa shape index (κ2) is 6.38. The van der Waals surface area contributed by atoms with E-state index in [0.29, 0.717) is 25.6 Å². The summed E-state index contributed by atoms with van der Waals surface area (Å²) < 4.78 is 5.54. The number of rotatable bonds is 6. The molecule has 2 aliphatic rings. The molecule has 22 heavy (non-hydrogen) atoms. The molecule has 1 heterocycles. The first-order valence-corrected chi connectivity index (χ1v) is 8.01. The van der Waals surface area contributed by atoms with Gasteiger partial charge in [-0.3, -0.25) is 9.59 Å². The van der Waals surface area contributed by atoms with Crippen molar-refractivity contribution in [1.29, 1.82) is 0 Å². The van der Waals surface area contributed by atoms with E-state index >= 15 is 0 Å². The number of ether oxygens (including phenoxy) is 1. The van der Waals surface area contributed by atoms with Crippen LogP contribution in [0.4, 0.5) is 5.69 Å². The van der Waals surface area contributed by atoms with Gasteiger partial charge in [-0.05, 0) is 43.5 Å². The van der Waals surface area contributed by atoms with E-state index in [-0.39, 0.29) is 17.7 Å². The molecule has 5 heteroatoms. The van der Waals surface area contributed by atoms with E-state index in [4.69, 9.17) is 4.74 Å². The number of amides is 2. The summed E-state index contributed by atoms with van der Waals surface area (Å²) in [6.45, 7) is 3.21. The minimum Gasteiger partial charge on any atom is -0.494 e. The molecule has 1 aliphatic heterocycles. The lowest BCUT2D eigenvalue weighted by Crippen LogP contribution is -2.34. The molecule has 0 aromatic heterocycles. The van der Waals surface area contributed by atoms with Crippen LogP contribution in [-0.2, 0) is 9.59 Å². The van der Waals surface area contributed by atoms with E-state index in [1.165, 1.54) is 0 Å². The Bertz CT molecular complexity index is 552. The highest BCUT2D eigenvalue weighted by Crippen LogP contribution is 2.28. The van der Waals surface area contributed by atoms with Gasteiger partial charge < -0.3 is 15.0 Å². The molecule has 0 spiro atoms. The largest absolute Gasteiger partial charge is 0.494 e. The molecule has 1 aliphatic carbocycles. The summed E-state index contributed by atoms with van der Waals surface area (Å²) in [7, 11) is 0. The van der Waals surface area contributed by atoms with Crippen molar-refractivity contribution < 1.29 is 14.3 Å². The van der Waals surface area contributed by atoms with E-state index in [2.05, 4.69) is 12.2 Å². The zero-order valence-electron chi connectivity index (χ0n) is 12.9. The van der Waals surface area contributed by atoms with Crippen LogP contribution in [0.25, 0.3) is 0 Å². The van der Waals surface area contributed by atoms with Crippen LogP contribution in [-0.4, -0.2) is 31.0 Å². The van der Waals surface area contributed by atoms with Gasteiger partial charge in [0, 0.05) is 24.7 Å². The Morgan fingerprint density at radius 3 is 2.68 bits per heavy atom. The summed E-state index contributed by atoms with van der Waals surface area (Å²) in [5, 5.41) is 2.98. The number of hydrogen-bond acceptors (Lipinski definition) is 3. The average molecular weight is 302 g/mol. The maximum Gasteiger partial charge on any atom is 0.227 e. The number of carbonyl (C=O) groups is 2. The molecule has 1 saturated heterocycles. The van der Waals surface area contributed by atoms with Crippen LogP contribution < -0.4 is 15.0 Å². The van der Waals surface area contributed by atoms with Crippen LogP contribution in [0.15, 0.2) is 24.3 Å². The topological polar surface area (TPSA) is 58.6 Å². The molecule has 0 radical (unpaired) electrons. The van der Waals surface area contributed by atoms with Crippen molar-refractivity contribution >= 4 is 17.5 Å². The van der Waals surface area contributed by atoms with Crippen molar-refractivity contribution in [3.8, 4) is 5.75 Å². The molecule has 1 N–H and O–H groups in total. The summed E-state index contributed by atoms with van der Waals surface area (Å²) in [5.74, 6) is 0.601. The van der Waals surface area contributed by atoms with Crippen LogP contribution in [0.2, 0.25) is 0 Å². The Hall–Kier alpha value is -2.04. The van der Waals surface area contributed by atoms with Crippen LogP contribution in [0.1, 0.15) is 32.6 Å². The Morgan fingerprint density at radius 1 is 1.32 bits per heavy atom. The molecule has 2 fully saturated rings. The molecule has 1 aromatic carbocycles. The van der Waals surface area contributed by atoms with Crippen LogP contribution in [0.5, 0.6) is 5.75 Å². The first kappa shape index (κ1) is 14.9. The highest BCUT2D eigenvalue weighted by molar-refractivity contribution is 6.00. The predicted octanol–water partition coefficient (Wildman–Crippen LogP) is 2.11. The Labute approximate surface area is 130 Å². The van der Waals surface area contributed by atoms with Crippen molar-refractivity contribution in [2.75, 3.05) is 18.1 Å². The average Bonchev–Trinajstić information content (AvgIpc) is 3.25. The third-order valence-corrected chi connectivity index (χ3v) is 4.04. The quantitative estimate of drug-likeness (QED) is 0.875. The molecule has 118 valence electrons. The molecule has 0 unspecified atom stereocenters. The summed E-state index contributed by atoms with van der Waals surface area (Å²) in [5.41, 5.74) is 0.829. The van der Waals surface area contributed by atoms with Crippen LogP contribution in [0, 0.1) is 5.92 Å². The molecular formula is C17H22N2O3. The van der Waals surface area contributed by atoms with Gasteiger partial charge in [0.1, 0.15) is 5.75 Å². The number of nitrogens with zero attached hydrogens (tertiary/aromatic N) is 1. The van der Waals surface area contributed by atoms with E-state index in [1.807, 2.05) is 24.3 Å². The van der Waals surface area contributed by atoms with Gasteiger partial charge in [-0.15, -0.1) is 0 Å². The van der Waals surface area contributed by atoms with Crippen molar-refractivity contribution in [3.05, 3.63) is 24.3 Å². The fourth-order valence-electron chi connectivity index (χ4n) is 2.62. The maximum atomic E-state index is 12.2. The first-order chi connectivity index (χ1) is 10.7. The van der Waals surface area contributed by atoms with Crippen molar-refractivity contribution in [2.24, 2.45) is 5.92 Å². The van der Waals surface area contributed by atoms with Gasteiger partial charge in [0.2, 0.25) is 11.8 Å². The summed E-state index contributed by atoms with van der Waals surface area (Å²) >= 11 is 0. The Kier molecular flexibility index (Phi) is 4.32. The summed E-state index contributed by atoms with van der Waals surface area (Å²) in [6.07, 6.45) is 3.39. The third-order valence-electron chi connectivity index (χ3n) is 4.04. The molecule has 3 rings (SSSR count). The van der Waals surface area contributed by atoms with E-state index in [0.717, 1.165) is 30.7 Å². The van der Waals surface area contributed by atoms with Gasteiger partial charge in [-0.25, -0.2) is 0 Å². The molecule has 2 amide bonds.